The molecule has 1 atom stereocenters. The van der Waals surface area contributed by atoms with E-state index in [4.69, 9.17) is 5.26 Å². The van der Waals surface area contributed by atoms with Gasteiger partial charge in [0.1, 0.15) is 0 Å². The maximum Gasteiger partial charge on any atom is 0.261 e. The van der Waals surface area contributed by atoms with Gasteiger partial charge in [-0.1, -0.05) is 36.0 Å². The summed E-state index contributed by atoms with van der Waals surface area (Å²) in [7, 11) is 0. The molecule has 160 valence electrons. The number of aromatic nitrogens is 5. The second-order valence-corrected chi connectivity index (χ2v) is 7.99. The standard InChI is InChI=1S/C22H19N7O2S/c1-15-26-27-22(29(15)25-11-17-8-6-16(10-23)7-9-17)32-13-18(30)12-28-14-24-20-5-3-2-4-19(20)21(28)31/h2-9,11,14,18,30H,12-13H2,1H3. The van der Waals surface area contributed by atoms with Crippen molar-refractivity contribution >= 4 is 28.9 Å². The van der Waals surface area contributed by atoms with E-state index in [1.165, 1.54) is 22.7 Å². The zero-order valence-corrected chi connectivity index (χ0v) is 18.0. The van der Waals surface area contributed by atoms with Crippen molar-refractivity contribution in [1.82, 2.24) is 24.4 Å². The molecule has 4 rings (SSSR count). The van der Waals surface area contributed by atoms with Crippen LogP contribution < -0.4 is 5.56 Å². The number of rotatable bonds is 7. The summed E-state index contributed by atoms with van der Waals surface area (Å²) in [6.07, 6.45) is 2.31. The predicted octanol–water partition coefficient (Wildman–Crippen LogP) is 2.20. The number of aliphatic hydroxyl groups is 1. The Morgan fingerprint density at radius 3 is 2.78 bits per heavy atom. The number of nitriles is 1. The van der Waals surface area contributed by atoms with Crippen LogP contribution in [0.15, 0.2) is 69.9 Å². The maximum absolute atomic E-state index is 12.6. The van der Waals surface area contributed by atoms with Gasteiger partial charge in [-0.05, 0) is 36.8 Å². The van der Waals surface area contributed by atoms with E-state index in [1.54, 1.807) is 60.3 Å². The topological polar surface area (TPSA) is 122 Å². The van der Waals surface area contributed by atoms with Crippen LogP contribution in [0.1, 0.15) is 17.0 Å². The summed E-state index contributed by atoms with van der Waals surface area (Å²) in [5, 5.41) is 33.0. The summed E-state index contributed by atoms with van der Waals surface area (Å²) in [5.41, 5.74) is 1.84. The number of nitrogens with zero attached hydrogens (tertiary/aromatic N) is 7. The fraction of sp³-hybridized carbons (Fsp3) is 0.182. The average Bonchev–Trinajstić information content (AvgIpc) is 3.18. The summed E-state index contributed by atoms with van der Waals surface area (Å²) in [5.74, 6) is 0.894. The van der Waals surface area contributed by atoms with Gasteiger partial charge in [0.05, 0.1) is 47.7 Å². The third-order valence-electron chi connectivity index (χ3n) is 4.67. The molecular weight excluding hydrogens is 426 g/mol. The minimum Gasteiger partial charge on any atom is -0.390 e. The van der Waals surface area contributed by atoms with Gasteiger partial charge in [0, 0.05) is 5.75 Å². The zero-order valence-electron chi connectivity index (χ0n) is 17.2. The van der Waals surface area contributed by atoms with E-state index in [2.05, 4.69) is 26.4 Å². The fourth-order valence-corrected chi connectivity index (χ4v) is 3.86. The predicted molar refractivity (Wildman–Crippen MR) is 122 cm³/mol. The van der Waals surface area contributed by atoms with Crippen LogP contribution >= 0.6 is 11.8 Å². The fourth-order valence-electron chi connectivity index (χ4n) is 3.02. The van der Waals surface area contributed by atoms with Crippen molar-refractivity contribution in [2.75, 3.05) is 5.75 Å². The van der Waals surface area contributed by atoms with E-state index in [-0.39, 0.29) is 12.1 Å². The first-order chi connectivity index (χ1) is 15.5. The minimum absolute atomic E-state index is 0.116. The molecule has 0 aliphatic rings. The highest BCUT2D eigenvalue weighted by Gasteiger charge is 2.14. The van der Waals surface area contributed by atoms with Crippen molar-refractivity contribution in [3.63, 3.8) is 0 Å². The molecule has 4 aromatic rings. The first-order valence-corrected chi connectivity index (χ1v) is 10.8. The number of benzene rings is 2. The summed E-state index contributed by atoms with van der Waals surface area (Å²) in [4.78, 5) is 16.9. The molecule has 1 N–H and O–H groups in total. The molecule has 0 saturated carbocycles. The summed E-state index contributed by atoms with van der Waals surface area (Å²) in [6.45, 7) is 1.90. The molecular formula is C22H19N7O2S. The molecule has 0 fully saturated rings. The Morgan fingerprint density at radius 1 is 1.22 bits per heavy atom. The highest BCUT2D eigenvalue weighted by atomic mass is 32.2. The smallest absolute Gasteiger partial charge is 0.261 e. The van der Waals surface area contributed by atoms with Crippen molar-refractivity contribution in [3.8, 4) is 6.07 Å². The summed E-state index contributed by atoms with van der Waals surface area (Å²) < 4.78 is 2.99. The number of aryl methyl sites for hydroxylation is 1. The van der Waals surface area contributed by atoms with Crippen LogP contribution in [0.4, 0.5) is 0 Å². The van der Waals surface area contributed by atoms with Gasteiger partial charge in [-0.3, -0.25) is 9.36 Å². The molecule has 0 aliphatic carbocycles. The lowest BCUT2D eigenvalue weighted by atomic mass is 10.2. The van der Waals surface area contributed by atoms with Gasteiger partial charge in [-0.25, -0.2) is 4.98 Å². The molecule has 1 unspecified atom stereocenters. The van der Waals surface area contributed by atoms with Crippen LogP contribution in [0.3, 0.4) is 0 Å². The Kier molecular flexibility index (Phi) is 6.39. The quantitative estimate of drug-likeness (QED) is 0.342. The van der Waals surface area contributed by atoms with E-state index >= 15 is 0 Å². The number of para-hydroxylation sites is 1. The first-order valence-electron chi connectivity index (χ1n) is 9.77. The molecule has 10 heteroatoms. The molecule has 0 radical (unpaired) electrons. The largest absolute Gasteiger partial charge is 0.390 e. The van der Waals surface area contributed by atoms with E-state index in [0.717, 1.165) is 5.56 Å². The highest BCUT2D eigenvalue weighted by molar-refractivity contribution is 7.99. The highest BCUT2D eigenvalue weighted by Crippen LogP contribution is 2.18. The molecule has 2 heterocycles. The Morgan fingerprint density at radius 2 is 2.00 bits per heavy atom. The lowest BCUT2D eigenvalue weighted by Crippen LogP contribution is -2.28. The van der Waals surface area contributed by atoms with Gasteiger partial charge in [-0.2, -0.15) is 15.0 Å². The first kappa shape index (κ1) is 21.4. The number of aliphatic hydroxyl groups excluding tert-OH is 1. The van der Waals surface area contributed by atoms with Gasteiger partial charge in [-0.15, -0.1) is 10.2 Å². The van der Waals surface area contributed by atoms with E-state index in [1.807, 2.05) is 6.07 Å². The second-order valence-electron chi connectivity index (χ2n) is 7.00. The van der Waals surface area contributed by atoms with Crippen LogP contribution in [0.25, 0.3) is 10.9 Å². The Balaban J connectivity index is 1.43. The third-order valence-corrected chi connectivity index (χ3v) is 5.74. The van der Waals surface area contributed by atoms with Crippen LogP contribution in [-0.2, 0) is 6.54 Å². The lowest BCUT2D eigenvalue weighted by molar-refractivity contribution is 0.176. The van der Waals surface area contributed by atoms with E-state index in [0.29, 0.717) is 33.2 Å². The number of hydrogen-bond donors (Lipinski definition) is 1. The van der Waals surface area contributed by atoms with Crippen LogP contribution in [0.5, 0.6) is 0 Å². The zero-order chi connectivity index (χ0) is 22.5. The van der Waals surface area contributed by atoms with Crippen molar-refractivity contribution in [3.05, 3.63) is 82.2 Å². The lowest BCUT2D eigenvalue weighted by Gasteiger charge is -2.12. The minimum atomic E-state index is -0.798. The average molecular weight is 446 g/mol. The maximum atomic E-state index is 12.6. The molecule has 0 aliphatic heterocycles. The van der Waals surface area contributed by atoms with Crippen molar-refractivity contribution in [2.24, 2.45) is 5.10 Å². The van der Waals surface area contributed by atoms with Crippen LogP contribution in [-0.4, -0.2) is 47.6 Å². The molecule has 9 nitrogen and oxygen atoms in total. The van der Waals surface area contributed by atoms with Crippen molar-refractivity contribution in [1.29, 1.82) is 5.26 Å². The van der Waals surface area contributed by atoms with Gasteiger partial charge in [0.25, 0.3) is 5.56 Å². The number of fused-ring (bicyclic) bond motifs is 1. The third kappa shape index (κ3) is 4.74. The Hall–Kier alpha value is -3.81. The van der Waals surface area contributed by atoms with Crippen LogP contribution in [0.2, 0.25) is 0 Å². The van der Waals surface area contributed by atoms with Crippen LogP contribution in [0, 0.1) is 18.3 Å². The van der Waals surface area contributed by atoms with E-state index < -0.39 is 6.10 Å². The van der Waals surface area contributed by atoms with Gasteiger partial charge >= 0.3 is 0 Å². The SMILES string of the molecule is Cc1nnc(SCC(O)Cn2cnc3ccccc3c2=O)n1N=Cc1ccc(C#N)cc1. The van der Waals surface area contributed by atoms with Gasteiger partial charge in [0.15, 0.2) is 5.82 Å². The second kappa shape index (κ2) is 9.55. The molecule has 0 spiro atoms. The monoisotopic (exact) mass is 445 g/mol. The van der Waals surface area contributed by atoms with Gasteiger partial charge in [0.2, 0.25) is 5.16 Å². The van der Waals surface area contributed by atoms with Crippen molar-refractivity contribution in [2.45, 2.75) is 24.7 Å². The molecule has 2 aromatic heterocycles. The Labute approximate surface area is 187 Å². The van der Waals surface area contributed by atoms with Gasteiger partial charge < -0.3 is 5.11 Å². The summed E-state index contributed by atoms with van der Waals surface area (Å²) >= 11 is 1.29. The van der Waals surface area contributed by atoms with E-state index in [9.17, 15) is 9.90 Å². The molecule has 0 amide bonds. The molecule has 0 saturated heterocycles. The van der Waals surface area contributed by atoms with Crippen molar-refractivity contribution < 1.29 is 5.11 Å². The Bertz CT molecular complexity index is 1370. The number of hydrogen-bond acceptors (Lipinski definition) is 8. The molecule has 32 heavy (non-hydrogen) atoms. The molecule has 2 aromatic carbocycles. The number of thioether (sulfide) groups is 1. The normalized spacial score (nSPS) is 12.3. The molecule has 0 bridgehead atoms. The summed E-state index contributed by atoms with van der Waals surface area (Å²) in [6, 6.07) is 16.2.